The first-order valence-corrected chi connectivity index (χ1v) is 5.48. The fourth-order valence-corrected chi connectivity index (χ4v) is 1.05. The Morgan fingerprint density at radius 3 is 1.73 bits per heavy atom. The third kappa shape index (κ3) is 6.29. The highest BCUT2D eigenvalue weighted by molar-refractivity contribution is 5.26. The van der Waals surface area contributed by atoms with Crippen LogP contribution in [0.15, 0.2) is 24.3 Å². The van der Waals surface area contributed by atoms with Crippen LogP contribution in [0.5, 0.6) is 0 Å². The van der Waals surface area contributed by atoms with E-state index < -0.39 is 0 Å². The number of ether oxygens (including phenoxy) is 1. The average molecular weight is 208 g/mol. The minimum Gasteiger partial charge on any atom is -0.385 e. The summed E-state index contributed by atoms with van der Waals surface area (Å²) in [6, 6.07) is 8.74. The zero-order chi connectivity index (χ0) is 11.9. The van der Waals surface area contributed by atoms with Crippen LogP contribution in [0.4, 0.5) is 0 Å². The highest BCUT2D eigenvalue weighted by Crippen LogP contribution is 2.21. The Hall–Kier alpha value is -0.820. The molecule has 0 aliphatic carbocycles. The molecular formula is C14H24O. The molecule has 0 aromatic heterocycles. The van der Waals surface area contributed by atoms with Gasteiger partial charge in [0.15, 0.2) is 0 Å². The van der Waals surface area contributed by atoms with Gasteiger partial charge in [0.05, 0.1) is 0 Å². The lowest BCUT2D eigenvalue weighted by molar-refractivity contribution is 0.215. The lowest BCUT2D eigenvalue weighted by Crippen LogP contribution is -2.10. The molecule has 0 saturated heterocycles. The molecule has 0 unspecified atom stereocenters. The van der Waals surface area contributed by atoms with Crippen molar-refractivity contribution in [1.82, 2.24) is 0 Å². The largest absolute Gasteiger partial charge is 0.385 e. The van der Waals surface area contributed by atoms with Gasteiger partial charge in [-0.3, -0.25) is 0 Å². The van der Waals surface area contributed by atoms with E-state index in [0.29, 0.717) is 0 Å². The zero-order valence-corrected chi connectivity index (χ0v) is 10.9. The first kappa shape index (κ1) is 14.2. The van der Waals surface area contributed by atoms with Crippen molar-refractivity contribution >= 4 is 0 Å². The van der Waals surface area contributed by atoms with Crippen LogP contribution in [0.1, 0.15) is 38.8 Å². The van der Waals surface area contributed by atoms with Crippen molar-refractivity contribution in [1.29, 1.82) is 0 Å². The first-order valence-electron chi connectivity index (χ1n) is 5.48. The maximum absolute atomic E-state index is 4.54. The average Bonchev–Trinajstić information content (AvgIpc) is 2.17. The maximum Gasteiger partial charge on any atom is 0.0433 e. The molecule has 0 radical (unpaired) electrons. The molecule has 0 aliphatic rings. The number of hydrogen-bond acceptors (Lipinski definition) is 1. The van der Waals surface area contributed by atoms with E-state index >= 15 is 0 Å². The van der Waals surface area contributed by atoms with E-state index in [9.17, 15) is 0 Å². The summed E-state index contributed by atoms with van der Waals surface area (Å²) < 4.78 is 4.54. The highest BCUT2D eigenvalue weighted by Gasteiger charge is 2.11. The first-order chi connectivity index (χ1) is 6.91. The Balaban J connectivity index is 0.000000423. The Kier molecular flexibility index (Phi) is 6.26. The van der Waals surface area contributed by atoms with E-state index in [1.807, 2.05) is 6.92 Å². The SMILES string of the molecule is CCOC.Cc1ccc(C(C)(C)C)cc1. The van der Waals surface area contributed by atoms with Crippen molar-refractivity contribution in [3.05, 3.63) is 35.4 Å². The summed E-state index contributed by atoms with van der Waals surface area (Å²) in [6.45, 7) is 11.6. The molecule has 0 N–H and O–H groups in total. The van der Waals surface area contributed by atoms with E-state index in [2.05, 4.69) is 56.7 Å². The summed E-state index contributed by atoms with van der Waals surface area (Å²) in [4.78, 5) is 0. The predicted octanol–water partition coefficient (Wildman–Crippen LogP) is 3.95. The quantitative estimate of drug-likeness (QED) is 0.679. The second-order valence-corrected chi connectivity index (χ2v) is 4.69. The standard InChI is InChI=1S/C11H16.C3H8O/c1-9-5-7-10(8-6-9)11(2,3)4;1-3-4-2/h5-8H,1-4H3;3H2,1-2H3. The minimum atomic E-state index is 0.285. The third-order valence-electron chi connectivity index (χ3n) is 2.21. The summed E-state index contributed by atoms with van der Waals surface area (Å²) in [5.74, 6) is 0. The fraction of sp³-hybridized carbons (Fsp3) is 0.571. The number of rotatable bonds is 1. The molecule has 15 heavy (non-hydrogen) atoms. The third-order valence-corrected chi connectivity index (χ3v) is 2.21. The van der Waals surface area contributed by atoms with E-state index in [4.69, 9.17) is 0 Å². The second kappa shape index (κ2) is 6.62. The molecule has 1 aromatic carbocycles. The number of methoxy groups -OCH3 is 1. The molecule has 0 atom stereocenters. The molecule has 1 nitrogen and oxygen atoms in total. The Bertz CT molecular complexity index is 252. The molecule has 1 heteroatoms. The van der Waals surface area contributed by atoms with E-state index in [-0.39, 0.29) is 5.41 Å². The number of aryl methyl sites for hydroxylation is 1. The van der Waals surface area contributed by atoms with Crippen molar-refractivity contribution in [2.24, 2.45) is 0 Å². The van der Waals surface area contributed by atoms with Gasteiger partial charge in [0.1, 0.15) is 0 Å². The van der Waals surface area contributed by atoms with Gasteiger partial charge in [0, 0.05) is 13.7 Å². The Morgan fingerprint density at radius 2 is 1.47 bits per heavy atom. The van der Waals surface area contributed by atoms with E-state index in [1.165, 1.54) is 11.1 Å². The molecule has 0 saturated carbocycles. The monoisotopic (exact) mass is 208 g/mol. The van der Waals surface area contributed by atoms with Crippen molar-refractivity contribution in [3.63, 3.8) is 0 Å². The molecule has 86 valence electrons. The molecule has 0 spiro atoms. The van der Waals surface area contributed by atoms with Gasteiger partial charge in [-0.2, -0.15) is 0 Å². The topological polar surface area (TPSA) is 9.23 Å². The Morgan fingerprint density at radius 1 is 1.07 bits per heavy atom. The summed E-state index contributed by atoms with van der Waals surface area (Å²) in [6.07, 6.45) is 0. The molecule has 1 aromatic rings. The summed E-state index contributed by atoms with van der Waals surface area (Å²) in [5, 5.41) is 0. The van der Waals surface area contributed by atoms with Crippen molar-refractivity contribution in [2.45, 2.75) is 40.0 Å². The molecule has 1 rings (SSSR count). The molecule has 0 bridgehead atoms. The fourth-order valence-electron chi connectivity index (χ4n) is 1.05. The summed E-state index contributed by atoms with van der Waals surface area (Å²) >= 11 is 0. The van der Waals surface area contributed by atoms with Gasteiger partial charge in [-0.15, -0.1) is 0 Å². The number of hydrogen-bond donors (Lipinski definition) is 0. The predicted molar refractivity (Wildman–Crippen MR) is 67.4 cm³/mol. The van der Waals surface area contributed by atoms with Crippen molar-refractivity contribution in [2.75, 3.05) is 13.7 Å². The van der Waals surface area contributed by atoms with Crippen LogP contribution in [-0.2, 0) is 10.2 Å². The van der Waals surface area contributed by atoms with Gasteiger partial charge in [-0.25, -0.2) is 0 Å². The van der Waals surface area contributed by atoms with Gasteiger partial charge in [-0.1, -0.05) is 50.6 Å². The van der Waals surface area contributed by atoms with Crippen LogP contribution in [0.3, 0.4) is 0 Å². The smallest absolute Gasteiger partial charge is 0.0433 e. The van der Waals surface area contributed by atoms with Gasteiger partial charge >= 0.3 is 0 Å². The lowest BCUT2D eigenvalue weighted by atomic mass is 9.87. The number of benzene rings is 1. The highest BCUT2D eigenvalue weighted by atomic mass is 16.5. The van der Waals surface area contributed by atoms with Crippen LogP contribution in [0.25, 0.3) is 0 Å². The van der Waals surface area contributed by atoms with Crippen molar-refractivity contribution in [3.8, 4) is 0 Å². The van der Waals surface area contributed by atoms with Crippen LogP contribution < -0.4 is 0 Å². The summed E-state index contributed by atoms with van der Waals surface area (Å²) in [5.41, 5.74) is 3.02. The zero-order valence-electron chi connectivity index (χ0n) is 10.9. The van der Waals surface area contributed by atoms with E-state index in [0.717, 1.165) is 6.61 Å². The lowest BCUT2D eigenvalue weighted by Gasteiger charge is -2.18. The van der Waals surface area contributed by atoms with Gasteiger partial charge in [0.25, 0.3) is 0 Å². The second-order valence-electron chi connectivity index (χ2n) is 4.69. The minimum absolute atomic E-state index is 0.285. The molecule has 0 fully saturated rings. The van der Waals surface area contributed by atoms with E-state index in [1.54, 1.807) is 7.11 Å². The van der Waals surface area contributed by atoms with Gasteiger partial charge in [0.2, 0.25) is 0 Å². The van der Waals surface area contributed by atoms with Gasteiger partial charge < -0.3 is 4.74 Å². The van der Waals surface area contributed by atoms with Gasteiger partial charge in [-0.05, 0) is 24.8 Å². The molecule has 0 amide bonds. The van der Waals surface area contributed by atoms with Crippen LogP contribution >= 0.6 is 0 Å². The maximum atomic E-state index is 4.54. The normalized spacial score (nSPS) is 10.5. The summed E-state index contributed by atoms with van der Waals surface area (Å²) in [7, 11) is 1.68. The molecule has 0 heterocycles. The molecular weight excluding hydrogens is 184 g/mol. The van der Waals surface area contributed by atoms with Crippen LogP contribution in [0.2, 0.25) is 0 Å². The molecule has 0 aliphatic heterocycles. The van der Waals surface area contributed by atoms with Crippen LogP contribution in [0, 0.1) is 6.92 Å². The van der Waals surface area contributed by atoms with Crippen LogP contribution in [-0.4, -0.2) is 13.7 Å². The van der Waals surface area contributed by atoms with Crippen molar-refractivity contribution < 1.29 is 4.74 Å². The Labute approximate surface area is 94.5 Å².